The van der Waals surface area contributed by atoms with Crippen molar-refractivity contribution < 1.29 is 28.5 Å². The molecule has 7 rings (SSSR count). The summed E-state index contributed by atoms with van der Waals surface area (Å²) in [6, 6.07) is 12.6. The molecule has 2 aromatic carbocycles. The Bertz CT molecular complexity index is 1710. The first-order chi connectivity index (χ1) is 19.8. The zero-order valence-corrected chi connectivity index (χ0v) is 23.7. The van der Waals surface area contributed by atoms with Gasteiger partial charge in [-0.15, -0.1) is 11.3 Å². The first-order valence-corrected chi connectivity index (χ1v) is 14.6. The van der Waals surface area contributed by atoms with E-state index in [-0.39, 0.29) is 11.9 Å². The molecule has 0 spiro atoms. The van der Waals surface area contributed by atoms with Crippen LogP contribution in [-0.4, -0.2) is 51.3 Å². The molecule has 10 heteroatoms. The third-order valence-corrected chi connectivity index (χ3v) is 9.22. The summed E-state index contributed by atoms with van der Waals surface area (Å²) in [6.45, 7) is 7.24. The average molecular weight is 576 g/mol. The van der Waals surface area contributed by atoms with Gasteiger partial charge in [0.2, 0.25) is 0 Å². The molecule has 0 aliphatic carbocycles. The highest BCUT2D eigenvalue weighted by atomic mass is 32.1. The first-order valence-electron chi connectivity index (χ1n) is 13.8. The van der Waals surface area contributed by atoms with Crippen LogP contribution in [0.1, 0.15) is 52.0 Å². The lowest BCUT2D eigenvalue weighted by Gasteiger charge is -2.29. The zero-order chi connectivity index (χ0) is 28.3. The maximum absolute atomic E-state index is 14.9. The van der Waals surface area contributed by atoms with Gasteiger partial charge < -0.3 is 23.9 Å². The Hall–Kier alpha value is -3.73. The van der Waals surface area contributed by atoms with Crippen LogP contribution in [0.5, 0.6) is 11.5 Å². The standard InChI is InChI=1S/C31H30FN3O5S/c1-18-6-7-22(23(32)14-18)31(2)39-25-5-3-4-21(28(25)40-31)19-8-11-34(12-9-19)17-27-33-24-15-26(30(36)37)41-29(24)35(27)16-20-10-13-38-20/h3-8,14-15,20H,9-13,16-17H2,1-2H3,(H,36,37)/t20-,31-/m0/s1. The van der Waals surface area contributed by atoms with Crippen molar-refractivity contribution >= 4 is 33.2 Å². The van der Waals surface area contributed by atoms with E-state index >= 15 is 0 Å². The molecule has 3 aliphatic heterocycles. The molecule has 0 bridgehead atoms. The second-order valence-electron chi connectivity index (χ2n) is 11.0. The molecular weight excluding hydrogens is 545 g/mol. The third kappa shape index (κ3) is 4.69. The Morgan fingerprint density at radius 1 is 1.24 bits per heavy atom. The number of imidazole rings is 1. The average Bonchev–Trinajstić information content (AvgIpc) is 3.57. The predicted octanol–water partition coefficient (Wildman–Crippen LogP) is 5.97. The van der Waals surface area contributed by atoms with E-state index in [2.05, 4.69) is 15.5 Å². The fraction of sp³-hybridized carbons (Fsp3) is 0.355. The molecule has 4 aromatic rings. The van der Waals surface area contributed by atoms with Crippen molar-refractivity contribution in [3.05, 3.63) is 81.7 Å². The highest BCUT2D eigenvalue weighted by Gasteiger charge is 2.42. The summed E-state index contributed by atoms with van der Waals surface area (Å²) < 4.78 is 35.2. The van der Waals surface area contributed by atoms with Gasteiger partial charge in [0, 0.05) is 32.2 Å². The van der Waals surface area contributed by atoms with Crippen molar-refractivity contribution in [2.24, 2.45) is 0 Å². The second-order valence-corrected chi connectivity index (χ2v) is 12.0. The van der Waals surface area contributed by atoms with Crippen LogP contribution in [-0.2, 0) is 23.6 Å². The summed E-state index contributed by atoms with van der Waals surface area (Å²) in [5.41, 5.74) is 4.05. The van der Waals surface area contributed by atoms with E-state index < -0.39 is 11.8 Å². The summed E-state index contributed by atoms with van der Waals surface area (Å²) in [6.07, 6.45) is 4.14. The predicted molar refractivity (Wildman–Crippen MR) is 153 cm³/mol. The van der Waals surface area contributed by atoms with Gasteiger partial charge in [-0.3, -0.25) is 4.90 Å². The normalized spacial score (nSPS) is 22.1. The van der Waals surface area contributed by atoms with E-state index in [9.17, 15) is 14.3 Å². The molecule has 5 heterocycles. The van der Waals surface area contributed by atoms with Crippen molar-refractivity contribution in [1.82, 2.24) is 14.5 Å². The van der Waals surface area contributed by atoms with Crippen molar-refractivity contribution in [3.63, 3.8) is 0 Å². The summed E-state index contributed by atoms with van der Waals surface area (Å²) in [5, 5.41) is 9.45. The van der Waals surface area contributed by atoms with Crippen LogP contribution in [0.3, 0.4) is 0 Å². The number of ether oxygens (including phenoxy) is 3. The molecule has 3 aliphatic rings. The van der Waals surface area contributed by atoms with E-state index in [0.29, 0.717) is 35.0 Å². The quantitative estimate of drug-likeness (QED) is 0.291. The number of aryl methyl sites for hydroxylation is 1. The summed E-state index contributed by atoms with van der Waals surface area (Å²) >= 11 is 1.27. The summed E-state index contributed by atoms with van der Waals surface area (Å²) in [5.74, 6) is -0.360. The topological polar surface area (TPSA) is 86.1 Å². The number of carbonyl (C=O) groups is 1. The number of aromatic carboxylic acids is 1. The van der Waals surface area contributed by atoms with Gasteiger partial charge in [0.05, 0.1) is 24.8 Å². The van der Waals surface area contributed by atoms with Crippen molar-refractivity contribution in [3.8, 4) is 11.5 Å². The van der Waals surface area contributed by atoms with Crippen LogP contribution in [0.25, 0.3) is 15.9 Å². The number of benzene rings is 2. The van der Waals surface area contributed by atoms with Crippen LogP contribution in [0.4, 0.5) is 4.39 Å². The van der Waals surface area contributed by atoms with Crippen molar-refractivity contribution in [1.29, 1.82) is 0 Å². The molecule has 41 heavy (non-hydrogen) atoms. The van der Waals surface area contributed by atoms with Gasteiger partial charge in [0.15, 0.2) is 11.5 Å². The van der Waals surface area contributed by atoms with Crippen LogP contribution in [0, 0.1) is 12.7 Å². The van der Waals surface area contributed by atoms with Crippen molar-refractivity contribution in [2.45, 2.75) is 51.7 Å². The molecule has 0 saturated carbocycles. The van der Waals surface area contributed by atoms with Gasteiger partial charge in [0.1, 0.15) is 26.9 Å². The number of thiophene rings is 1. The summed E-state index contributed by atoms with van der Waals surface area (Å²) in [7, 11) is 0. The SMILES string of the molecule is Cc1ccc([C@@]2(C)Oc3cccc(C4=CCN(Cc5nc6cc(C(=O)O)sc6n5C[C@@H]5CCO5)CC4)c3O2)c(F)c1. The van der Waals surface area contributed by atoms with Crippen LogP contribution < -0.4 is 9.47 Å². The number of aromatic nitrogens is 2. The molecular formula is C31H30FN3O5S. The van der Waals surface area contributed by atoms with E-state index in [1.165, 1.54) is 17.4 Å². The van der Waals surface area contributed by atoms with E-state index in [4.69, 9.17) is 19.2 Å². The second kappa shape index (κ2) is 9.97. The fourth-order valence-electron chi connectivity index (χ4n) is 5.79. The maximum Gasteiger partial charge on any atom is 0.346 e. The molecule has 2 atom stereocenters. The fourth-order valence-corrected chi connectivity index (χ4v) is 6.75. The molecule has 0 amide bonds. The Labute approximate surface area is 240 Å². The summed E-state index contributed by atoms with van der Waals surface area (Å²) in [4.78, 5) is 19.9. The minimum absolute atomic E-state index is 0.135. The zero-order valence-electron chi connectivity index (χ0n) is 22.9. The number of carboxylic acids is 1. The molecule has 1 fully saturated rings. The number of halogens is 1. The highest BCUT2D eigenvalue weighted by Crippen LogP contribution is 2.49. The largest absolute Gasteiger partial charge is 0.477 e. The smallest absolute Gasteiger partial charge is 0.346 e. The minimum Gasteiger partial charge on any atom is -0.477 e. The van der Waals surface area contributed by atoms with Gasteiger partial charge in [-0.05, 0) is 55.2 Å². The molecule has 0 radical (unpaired) electrons. The molecule has 2 aromatic heterocycles. The maximum atomic E-state index is 14.9. The van der Waals surface area contributed by atoms with Crippen LogP contribution >= 0.6 is 11.3 Å². The van der Waals surface area contributed by atoms with E-state index in [0.717, 1.165) is 65.4 Å². The monoisotopic (exact) mass is 575 g/mol. The van der Waals surface area contributed by atoms with Gasteiger partial charge >= 0.3 is 5.97 Å². The van der Waals surface area contributed by atoms with Gasteiger partial charge in [-0.25, -0.2) is 14.2 Å². The van der Waals surface area contributed by atoms with Crippen molar-refractivity contribution in [2.75, 3.05) is 19.7 Å². The van der Waals surface area contributed by atoms with Crippen LogP contribution in [0.15, 0.2) is 48.5 Å². The van der Waals surface area contributed by atoms with Crippen LogP contribution in [0.2, 0.25) is 0 Å². The Kier molecular flexibility index (Phi) is 6.37. The lowest BCUT2D eigenvalue weighted by Crippen LogP contribution is -2.33. The molecule has 212 valence electrons. The highest BCUT2D eigenvalue weighted by molar-refractivity contribution is 7.20. The molecule has 1 N–H and O–H groups in total. The van der Waals surface area contributed by atoms with Gasteiger partial charge in [0.25, 0.3) is 5.79 Å². The number of rotatable bonds is 7. The Morgan fingerprint density at radius 2 is 2.10 bits per heavy atom. The Morgan fingerprint density at radius 3 is 2.80 bits per heavy atom. The minimum atomic E-state index is -1.24. The van der Waals surface area contributed by atoms with E-state index in [1.54, 1.807) is 19.1 Å². The van der Waals surface area contributed by atoms with E-state index in [1.807, 2.05) is 31.2 Å². The third-order valence-electron chi connectivity index (χ3n) is 8.09. The number of nitrogens with zero attached hydrogens (tertiary/aromatic N) is 3. The number of hydrogen-bond donors (Lipinski definition) is 1. The van der Waals surface area contributed by atoms with Gasteiger partial charge in [-0.1, -0.05) is 24.3 Å². The first kappa shape index (κ1) is 26.2. The molecule has 1 saturated heterocycles. The van der Waals surface area contributed by atoms with Gasteiger partial charge in [-0.2, -0.15) is 0 Å². The molecule has 0 unspecified atom stereocenters. The lowest BCUT2D eigenvalue weighted by molar-refractivity contribution is -0.0708. The number of para-hydroxylation sites is 1. The number of fused-ring (bicyclic) bond motifs is 2. The number of carboxylic acid groups (broad SMARTS) is 1. The Balaban J connectivity index is 1.11. The number of hydrogen-bond acceptors (Lipinski definition) is 7. The lowest BCUT2D eigenvalue weighted by atomic mass is 9.98. The molecule has 8 nitrogen and oxygen atoms in total.